The van der Waals surface area contributed by atoms with Crippen LogP contribution in [0.25, 0.3) is 11.3 Å². The molecule has 0 fully saturated rings. The number of aromatic nitrogens is 2. The van der Waals surface area contributed by atoms with Crippen LogP contribution >= 0.6 is 0 Å². The molecule has 3 aromatic rings. The maximum Gasteiger partial charge on any atom is 0.270 e. The van der Waals surface area contributed by atoms with E-state index in [2.05, 4.69) is 20.5 Å². The lowest BCUT2D eigenvalue weighted by Crippen LogP contribution is -2.16. The van der Waals surface area contributed by atoms with E-state index in [1.807, 2.05) is 48.5 Å². The Kier molecular flexibility index (Phi) is 5.05. The van der Waals surface area contributed by atoms with Gasteiger partial charge in [-0.3, -0.25) is 9.78 Å². The highest BCUT2D eigenvalue weighted by Crippen LogP contribution is 2.19. The minimum atomic E-state index is -0.525. The van der Waals surface area contributed by atoms with Crippen LogP contribution in [0.3, 0.4) is 0 Å². The smallest absolute Gasteiger partial charge is 0.270 e. The Morgan fingerprint density at radius 1 is 1.19 bits per heavy atom. The minimum Gasteiger partial charge on any atom is -0.497 e. The van der Waals surface area contributed by atoms with E-state index in [9.17, 15) is 10.1 Å². The highest BCUT2D eigenvalue weighted by atomic mass is 16.5. The Bertz CT molecular complexity index is 1020. The maximum atomic E-state index is 12.1. The predicted octanol–water partition coefficient (Wildman–Crippen LogP) is 2.76. The van der Waals surface area contributed by atoms with Gasteiger partial charge in [0.05, 0.1) is 19.0 Å². The summed E-state index contributed by atoms with van der Waals surface area (Å²) in [6, 6.07) is 18.3. The van der Waals surface area contributed by atoms with Crippen LogP contribution in [0.15, 0.2) is 64.5 Å². The van der Waals surface area contributed by atoms with Gasteiger partial charge in [-0.25, -0.2) is 10.4 Å². The molecule has 0 bridgehead atoms. The second kappa shape index (κ2) is 7.77. The van der Waals surface area contributed by atoms with Crippen LogP contribution in [0.5, 0.6) is 5.75 Å². The molecule has 26 heavy (non-hydrogen) atoms. The molecule has 0 atom stereocenters. The van der Waals surface area contributed by atoms with E-state index in [0.29, 0.717) is 11.3 Å². The molecule has 0 aliphatic heterocycles. The molecule has 0 aliphatic rings. The number of hydrogen-bond donors (Lipinski definition) is 2. The molecule has 1 aromatic heterocycles. The van der Waals surface area contributed by atoms with Crippen LogP contribution in [0.2, 0.25) is 0 Å². The number of hydrazone groups is 1. The molecule has 0 radical (unpaired) electrons. The second-order valence-electron chi connectivity index (χ2n) is 5.26. The number of aromatic amines is 1. The number of nitriles is 1. The van der Waals surface area contributed by atoms with Crippen molar-refractivity contribution in [2.75, 3.05) is 12.5 Å². The van der Waals surface area contributed by atoms with Crippen LogP contribution in [0.4, 0.5) is 5.95 Å². The molecular formula is C19H15N5O2. The van der Waals surface area contributed by atoms with Crippen molar-refractivity contribution in [3.8, 4) is 23.1 Å². The van der Waals surface area contributed by atoms with Gasteiger partial charge in [-0.1, -0.05) is 30.3 Å². The van der Waals surface area contributed by atoms with Crippen molar-refractivity contribution < 1.29 is 4.74 Å². The van der Waals surface area contributed by atoms with Gasteiger partial charge in [0.1, 0.15) is 17.4 Å². The largest absolute Gasteiger partial charge is 0.497 e. The number of hydrogen-bond acceptors (Lipinski definition) is 6. The average Bonchev–Trinajstić information content (AvgIpc) is 2.69. The lowest BCUT2D eigenvalue weighted by atomic mass is 10.1. The number of nitrogens with zero attached hydrogens (tertiary/aromatic N) is 3. The molecule has 0 spiro atoms. The van der Waals surface area contributed by atoms with E-state index in [1.54, 1.807) is 25.5 Å². The van der Waals surface area contributed by atoms with Crippen LogP contribution in [0, 0.1) is 11.3 Å². The minimum absolute atomic E-state index is 0.0408. The fourth-order valence-electron chi connectivity index (χ4n) is 2.29. The lowest BCUT2D eigenvalue weighted by molar-refractivity contribution is 0.415. The van der Waals surface area contributed by atoms with Gasteiger partial charge in [0, 0.05) is 5.56 Å². The maximum absolute atomic E-state index is 12.1. The third kappa shape index (κ3) is 3.76. The van der Waals surface area contributed by atoms with Crippen molar-refractivity contribution >= 4 is 12.2 Å². The second-order valence-corrected chi connectivity index (χ2v) is 5.26. The molecule has 0 unspecified atom stereocenters. The molecule has 2 N–H and O–H groups in total. The molecule has 0 saturated heterocycles. The third-order valence-corrected chi connectivity index (χ3v) is 3.58. The van der Waals surface area contributed by atoms with Crippen LogP contribution in [-0.2, 0) is 0 Å². The third-order valence-electron chi connectivity index (χ3n) is 3.58. The molecule has 2 aromatic carbocycles. The summed E-state index contributed by atoms with van der Waals surface area (Å²) in [5.41, 5.74) is 3.95. The monoisotopic (exact) mass is 345 g/mol. The van der Waals surface area contributed by atoms with Gasteiger partial charge in [-0.2, -0.15) is 10.4 Å². The fraction of sp³-hybridized carbons (Fsp3) is 0.0526. The van der Waals surface area contributed by atoms with Crippen molar-refractivity contribution in [3.63, 3.8) is 0 Å². The van der Waals surface area contributed by atoms with Crippen LogP contribution < -0.4 is 15.7 Å². The summed E-state index contributed by atoms with van der Waals surface area (Å²) in [5.74, 6) is 0.901. The van der Waals surface area contributed by atoms with Gasteiger partial charge in [-0.15, -0.1) is 0 Å². The molecular weight excluding hydrogens is 330 g/mol. The summed E-state index contributed by atoms with van der Waals surface area (Å²) in [7, 11) is 1.60. The molecule has 0 saturated carbocycles. The van der Waals surface area contributed by atoms with Crippen molar-refractivity contribution in [1.82, 2.24) is 9.97 Å². The zero-order chi connectivity index (χ0) is 18.4. The lowest BCUT2D eigenvalue weighted by Gasteiger charge is -2.06. The average molecular weight is 345 g/mol. The Hall–Kier alpha value is -3.92. The molecule has 7 nitrogen and oxygen atoms in total. The predicted molar refractivity (Wildman–Crippen MR) is 99.2 cm³/mol. The number of anilines is 1. The SMILES string of the molecule is COc1ccc(/C=N/Nc2nc(-c3ccccc3)c(C#N)c(=O)[nH]2)cc1. The zero-order valence-electron chi connectivity index (χ0n) is 13.9. The number of benzene rings is 2. The van der Waals surface area contributed by atoms with Gasteiger partial charge in [-0.05, 0) is 29.8 Å². The first kappa shape index (κ1) is 16.9. The summed E-state index contributed by atoms with van der Waals surface area (Å²) >= 11 is 0. The Morgan fingerprint density at radius 2 is 1.92 bits per heavy atom. The number of nitrogens with one attached hydrogen (secondary N) is 2. The number of ether oxygens (including phenoxy) is 1. The number of methoxy groups -OCH3 is 1. The normalized spacial score (nSPS) is 10.5. The topological polar surface area (TPSA) is 103 Å². The first-order valence-corrected chi connectivity index (χ1v) is 7.74. The van der Waals surface area contributed by atoms with Crippen LogP contribution in [0.1, 0.15) is 11.1 Å². The standard InChI is InChI=1S/C19H15N5O2/c1-26-15-9-7-13(8-10-15)12-21-24-19-22-17(14-5-3-2-4-6-14)16(11-20)18(25)23-19/h2-10,12H,1H3,(H2,22,23,24,25)/b21-12+. The molecule has 7 heteroatoms. The molecule has 1 heterocycles. The van der Waals surface area contributed by atoms with Crippen LogP contribution in [-0.4, -0.2) is 23.3 Å². The van der Waals surface area contributed by atoms with E-state index in [0.717, 1.165) is 11.3 Å². The van der Waals surface area contributed by atoms with Gasteiger partial charge in [0.2, 0.25) is 5.95 Å². The summed E-state index contributed by atoms with van der Waals surface area (Å²) < 4.78 is 5.10. The van der Waals surface area contributed by atoms with Gasteiger partial charge in [0.15, 0.2) is 0 Å². The van der Waals surface area contributed by atoms with Crippen molar-refractivity contribution in [3.05, 3.63) is 76.1 Å². The van der Waals surface area contributed by atoms with E-state index >= 15 is 0 Å². The zero-order valence-corrected chi connectivity index (χ0v) is 13.9. The van der Waals surface area contributed by atoms with Gasteiger partial charge >= 0.3 is 0 Å². The molecule has 0 aliphatic carbocycles. The molecule has 3 rings (SSSR count). The molecule has 0 amide bonds. The highest BCUT2D eigenvalue weighted by Gasteiger charge is 2.12. The molecule has 128 valence electrons. The summed E-state index contributed by atoms with van der Waals surface area (Å²) in [5, 5.41) is 13.3. The highest BCUT2D eigenvalue weighted by molar-refractivity contribution is 5.80. The van der Waals surface area contributed by atoms with E-state index < -0.39 is 5.56 Å². The van der Waals surface area contributed by atoms with E-state index in [4.69, 9.17) is 4.74 Å². The van der Waals surface area contributed by atoms with Crippen molar-refractivity contribution in [2.24, 2.45) is 5.10 Å². The first-order valence-electron chi connectivity index (χ1n) is 7.74. The van der Waals surface area contributed by atoms with Crippen molar-refractivity contribution in [2.45, 2.75) is 0 Å². The summed E-state index contributed by atoms with van der Waals surface area (Å²) in [4.78, 5) is 19.0. The number of H-pyrrole nitrogens is 1. The van der Waals surface area contributed by atoms with Gasteiger partial charge < -0.3 is 4.74 Å². The van der Waals surface area contributed by atoms with E-state index in [1.165, 1.54) is 0 Å². The Balaban J connectivity index is 1.86. The first-order chi connectivity index (χ1) is 12.7. The summed E-state index contributed by atoms with van der Waals surface area (Å²) in [6.45, 7) is 0. The number of rotatable bonds is 5. The Morgan fingerprint density at radius 3 is 2.58 bits per heavy atom. The van der Waals surface area contributed by atoms with E-state index in [-0.39, 0.29) is 11.5 Å². The van der Waals surface area contributed by atoms with Crippen molar-refractivity contribution in [1.29, 1.82) is 5.26 Å². The Labute approximate surface area is 149 Å². The summed E-state index contributed by atoms with van der Waals surface area (Å²) in [6.07, 6.45) is 1.58. The quantitative estimate of drug-likeness (QED) is 0.547. The van der Waals surface area contributed by atoms with Gasteiger partial charge in [0.25, 0.3) is 5.56 Å². The fourth-order valence-corrected chi connectivity index (χ4v) is 2.29.